The highest BCUT2D eigenvalue weighted by Crippen LogP contribution is 2.19. The molecule has 1 unspecified atom stereocenters. The number of urea groups is 1. The van der Waals surface area contributed by atoms with E-state index in [0.29, 0.717) is 13.1 Å². The highest BCUT2D eigenvalue weighted by Gasteiger charge is 2.29. The maximum atomic E-state index is 12.6. The van der Waals surface area contributed by atoms with Crippen LogP contribution in [0.1, 0.15) is 45.6 Å². The summed E-state index contributed by atoms with van der Waals surface area (Å²) in [5.41, 5.74) is 1.24. The minimum absolute atomic E-state index is 0.00388. The van der Waals surface area contributed by atoms with Gasteiger partial charge in [-0.1, -0.05) is 12.1 Å². The summed E-state index contributed by atoms with van der Waals surface area (Å²) in [6.45, 7) is 8.81. The summed E-state index contributed by atoms with van der Waals surface area (Å²) < 4.78 is 5.18. The first-order chi connectivity index (χ1) is 13.5. The summed E-state index contributed by atoms with van der Waals surface area (Å²) in [5, 5.41) is 3.15. The van der Waals surface area contributed by atoms with Crippen molar-refractivity contribution in [1.29, 1.82) is 0 Å². The first-order valence-corrected chi connectivity index (χ1v) is 10.5. The Kier molecular flexibility index (Phi) is 8.61. The van der Waals surface area contributed by atoms with Gasteiger partial charge in [0.1, 0.15) is 5.75 Å². The number of aryl methyl sites for hydroxylation is 1. The number of carbonyl (C=O) groups excluding carboxylic acids is 2. The van der Waals surface area contributed by atoms with Crippen LogP contribution in [-0.4, -0.2) is 61.1 Å². The van der Waals surface area contributed by atoms with E-state index >= 15 is 0 Å². The maximum Gasteiger partial charge on any atom is 0.319 e. The summed E-state index contributed by atoms with van der Waals surface area (Å²) >= 11 is 0. The number of carbonyl (C=O) groups is 2. The van der Waals surface area contributed by atoms with Crippen molar-refractivity contribution in [3.05, 3.63) is 29.8 Å². The molecular formula is C22H35N3O3. The molecule has 0 radical (unpaired) electrons. The van der Waals surface area contributed by atoms with Crippen LogP contribution in [-0.2, 0) is 11.2 Å². The molecule has 0 bridgehead atoms. The van der Waals surface area contributed by atoms with Gasteiger partial charge in [-0.15, -0.1) is 0 Å². The first-order valence-electron chi connectivity index (χ1n) is 10.5. The largest absolute Gasteiger partial charge is 0.497 e. The van der Waals surface area contributed by atoms with Gasteiger partial charge >= 0.3 is 6.03 Å². The third-order valence-corrected chi connectivity index (χ3v) is 5.58. The van der Waals surface area contributed by atoms with Gasteiger partial charge in [-0.2, -0.15) is 0 Å². The SMILES string of the molecule is CCN(CC)C(=O)N1CCC(C(=O)NC(C)CCc2ccc(OC)cc2)CC1. The molecule has 28 heavy (non-hydrogen) atoms. The van der Waals surface area contributed by atoms with E-state index in [-0.39, 0.29) is 23.9 Å². The molecule has 1 saturated heterocycles. The second-order valence-electron chi connectivity index (χ2n) is 7.51. The van der Waals surface area contributed by atoms with E-state index in [0.717, 1.165) is 44.5 Å². The molecule has 3 amide bonds. The van der Waals surface area contributed by atoms with Crippen LogP contribution in [0.5, 0.6) is 5.75 Å². The smallest absolute Gasteiger partial charge is 0.319 e. The number of nitrogens with zero attached hydrogens (tertiary/aromatic N) is 2. The van der Waals surface area contributed by atoms with Gasteiger partial charge < -0.3 is 19.9 Å². The van der Waals surface area contributed by atoms with Crippen LogP contribution >= 0.6 is 0 Å². The summed E-state index contributed by atoms with van der Waals surface area (Å²) in [6.07, 6.45) is 3.30. The number of hydrogen-bond acceptors (Lipinski definition) is 3. The van der Waals surface area contributed by atoms with E-state index < -0.39 is 0 Å². The number of rotatable bonds is 8. The minimum Gasteiger partial charge on any atom is -0.497 e. The highest BCUT2D eigenvalue weighted by molar-refractivity contribution is 5.80. The lowest BCUT2D eigenvalue weighted by Crippen LogP contribution is -2.49. The summed E-state index contributed by atoms with van der Waals surface area (Å²) in [6, 6.07) is 8.28. The van der Waals surface area contributed by atoms with E-state index in [2.05, 4.69) is 24.4 Å². The fourth-order valence-electron chi connectivity index (χ4n) is 3.64. The van der Waals surface area contributed by atoms with Crippen LogP contribution < -0.4 is 10.1 Å². The third kappa shape index (κ3) is 6.14. The average Bonchev–Trinajstić information content (AvgIpc) is 2.73. The zero-order valence-corrected chi connectivity index (χ0v) is 17.7. The van der Waals surface area contributed by atoms with Crippen molar-refractivity contribution in [2.45, 2.75) is 52.5 Å². The monoisotopic (exact) mass is 389 g/mol. The highest BCUT2D eigenvalue weighted by atomic mass is 16.5. The van der Waals surface area contributed by atoms with Crippen molar-refractivity contribution in [3.8, 4) is 5.75 Å². The van der Waals surface area contributed by atoms with Gasteiger partial charge in [-0.25, -0.2) is 4.79 Å². The second-order valence-corrected chi connectivity index (χ2v) is 7.51. The van der Waals surface area contributed by atoms with Crippen LogP contribution in [0, 0.1) is 5.92 Å². The van der Waals surface area contributed by atoms with Crippen molar-refractivity contribution in [2.75, 3.05) is 33.3 Å². The van der Waals surface area contributed by atoms with Gasteiger partial charge in [-0.3, -0.25) is 4.79 Å². The molecule has 1 heterocycles. The van der Waals surface area contributed by atoms with Crippen LogP contribution in [0.3, 0.4) is 0 Å². The molecule has 156 valence electrons. The van der Waals surface area contributed by atoms with Crippen LogP contribution in [0.2, 0.25) is 0 Å². The van der Waals surface area contributed by atoms with E-state index in [4.69, 9.17) is 4.74 Å². The van der Waals surface area contributed by atoms with Crippen molar-refractivity contribution in [2.24, 2.45) is 5.92 Å². The van der Waals surface area contributed by atoms with Crippen molar-refractivity contribution in [1.82, 2.24) is 15.1 Å². The molecule has 0 spiro atoms. The number of ether oxygens (including phenoxy) is 1. The zero-order valence-electron chi connectivity index (χ0n) is 17.7. The molecule has 1 aromatic rings. The Morgan fingerprint density at radius 3 is 2.32 bits per heavy atom. The van der Waals surface area contributed by atoms with Gasteiger partial charge in [0, 0.05) is 38.1 Å². The molecule has 6 heteroatoms. The van der Waals surface area contributed by atoms with Crippen LogP contribution in [0.25, 0.3) is 0 Å². The number of piperidine rings is 1. The first kappa shape index (κ1) is 22.1. The summed E-state index contributed by atoms with van der Waals surface area (Å²) in [5.74, 6) is 0.984. The van der Waals surface area contributed by atoms with Crippen molar-refractivity contribution >= 4 is 11.9 Å². The van der Waals surface area contributed by atoms with Gasteiger partial charge in [0.15, 0.2) is 0 Å². The fourth-order valence-corrected chi connectivity index (χ4v) is 3.64. The van der Waals surface area contributed by atoms with E-state index in [1.165, 1.54) is 5.56 Å². The molecule has 0 aliphatic carbocycles. The predicted octanol–water partition coefficient (Wildman–Crippen LogP) is 3.31. The Hall–Kier alpha value is -2.24. The molecule has 1 aliphatic heterocycles. The van der Waals surface area contributed by atoms with E-state index in [1.54, 1.807) is 7.11 Å². The molecule has 6 nitrogen and oxygen atoms in total. The molecule has 1 aliphatic rings. The molecule has 0 aromatic heterocycles. The number of amides is 3. The van der Waals surface area contributed by atoms with Gasteiger partial charge in [0.2, 0.25) is 5.91 Å². The van der Waals surface area contributed by atoms with E-state index in [9.17, 15) is 9.59 Å². The predicted molar refractivity (Wildman–Crippen MR) is 112 cm³/mol. The Bertz CT molecular complexity index is 620. The standard InChI is InChI=1S/C22H35N3O3/c1-5-24(6-2)22(27)25-15-13-19(14-16-25)21(26)23-17(3)7-8-18-9-11-20(28-4)12-10-18/h9-12,17,19H,5-8,13-16H2,1-4H3,(H,23,26). The Labute approximate surface area is 169 Å². The lowest BCUT2D eigenvalue weighted by atomic mass is 9.95. The Morgan fingerprint density at radius 1 is 1.18 bits per heavy atom. The van der Waals surface area contributed by atoms with Gasteiger partial charge in [0.05, 0.1) is 7.11 Å². The minimum atomic E-state index is 0.00388. The molecule has 1 atom stereocenters. The molecular weight excluding hydrogens is 354 g/mol. The zero-order chi connectivity index (χ0) is 20.5. The average molecular weight is 390 g/mol. The number of likely N-dealkylation sites (tertiary alicyclic amines) is 1. The number of benzene rings is 1. The lowest BCUT2D eigenvalue weighted by molar-refractivity contribution is -0.126. The van der Waals surface area contributed by atoms with Crippen LogP contribution in [0.15, 0.2) is 24.3 Å². The van der Waals surface area contributed by atoms with Crippen molar-refractivity contribution in [3.63, 3.8) is 0 Å². The lowest BCUT2D eigenvalue weighted by Gasteiger charge is -2.35. The topological polar surface area (TPSA) is 61.9 Å². The maximum absolute atomic E-state index is 12.6. The normalized spacial score (nSPS) is 15.8. The Morgan fingerprint density at radius 2 is 1.79 bits per heavy atom. The molecule has 1 fully saturated rings. The third-order valence-electron chi connectivity index (χ3n) is 5.58. The Balaban J connectivity index is 1.73. The second kappa shape index (κ2) is 10.9. The van der Waals surface area contributed by atoms with Gasteiger partial charge in [-0.05, 0) is 64.2 Å². The summed E-state index contributed by atoms with van der Waals surface area (Å²) in [4.78, 5) is 28.7. The van der Waals surface area contributed by atoms with E-state index in [1.807, 2.05) is 35.8 Å². The summed E-state index contributed by atoms with van der Waals surface area (Å²) in [7, 11) is 1.66. The fraction of sp³-hybridized carbons (Fsp3) is 0.636. The number of nitrogens with one attached hydrogen (secondary N) is 1. The number of methoxy groups -OCH3 is 1. The quantitative estimate of drug-likeness (QED) is 0.742. The molecule has 0 saturated carbocycles. The van der Waals surface area contributed by atoms with Gasteiger partial charge in [0.25, 0.3) is 0 Å². The molecule has 1 aromatic carbocycles. The molecule has 1 N–H and O–H groups in total. The molecule has 2 rings (SSSR count). The van der Waals surface area contributed by atoms with Crippen molar-refractivity contribution < 1.29 is 14.3 Å². The van der Waals surface area contributed by atoms with Crippen LogP contribution in [0.4, 0.5) is 4.79 Å². The number of hydrogen-bond donors (Lipinski definition) is 1.